The molecule has 0 aliphatic carbocycles. The van der Waals surface area contributed by atoms with Gasteiger partial charge in [-0.1, -0.05) is 0 Å². The van der Waals surface area contributed by atoms with Gasteiger partial charge < -0.3 is 10.1 Å². The summed E-state index contributed by atoms with van der Waals surface area (Å²) < 4.78 is 30.9. The zero-order valence-corrected chi connectivity index (χ0v) is 10.1. The Morgan fingerprint density at radius 2 is 2.16 bits per heavy atom. The van der Waals surface area contributed by atoms with Crippen LogP contribution in [0.1, 0.15) is 13.3 Å². The van der Waals surface area contributed by atoms with Gasteiger partial charge in [0.25, 0.3) is 0 Å². The Bertz CT molecular complexity index is 494. The predicted molar refractivity (Wildman–Crippen MR) is 62.8 cm³/mol. The molecule has 0 atom stereocenters. The van der Waals surface area contributed by atoms with Crippen LogP contribution in [0.3, 0.4) is 0 Å². The maximum Gasteiger partial charge on any atom is 0.327 e. The number of carbonyl (C=O) groups is 1. The average Bonchev–Trinajstić information content (AvgIpc) is 2.27. The molecule has 1 N–H and O–H groups in total. The molecule has 0 heterocycles. The Balaban J connectivity index is 2.77. The number of hydrogen-bond donors (Lipinski definition) is 1. The first-order chi connectivity index (χ1) is 8.95. The molecule has 1 aromatic carbocycles. The molecule has 0 saturated carbocycles. The minimum atomic E-state index is -1.27. The van der Waals surface area contributed by atoms with Crippen molar-refractivity contribution in [3.05, 3.63) is 33.9 Å². The highest BCUT2D eigenvalue weighted by molar-refractivity contribution is 5.70. The Morgan fingerprint density at radius 1 is 1.47 bits per heavy atom. The molecule has 1 rings (SSSR count). The van der Waals surface area contributed by atoms with Crippen LogP contribution >= 0.6 is 0 Å². The topological polar surface area (TPSA) is 81.5 Å². The van der Waals surface area contributed by atoms with E-state index in [2.05, 4.69) is 10.1 Å². The van der Waals surface area contributed by atoms with Crippen molar-refractivity contribution in [2.75, 3.05) is 18.5 Å². The second-order valence-corrected chi connectivity index (χ2v) is 3.52. The highest BCUT2D eigenvalue weighted by atomic mass is 19.1. The van der Waals surface area contributed by atoms with Crippen molar-refractivity contribution >= 4 is 17.3 Å². The zero-order chi connectivity index (χ0) is 14.4. The highest BCUT2D eigenvalue weighted by Crippen LogP contribution is 2.28. The zero-order valence-electron chi connectivity index (χ0n) is 10.1. The normalized spacial score (nSPS) is 10.1. The van der Waals surface area contributed by atoms with Gasteiger partial charge in [0.2, 0.25) is 5.82 Å². The highest BCUT2D eigenvalue weighted by Gasteiger charge is 2.21. The van der Waals surface area contributed by atoms with Gasteiger partial charge in [0, 0.05) is 18.7 Å². The molecule has 0 fully saturated rings. The number of ether oxygens (including phenoxy) is 1. The maximum atomic E-state index is 13.3. The summed E-state index contributed by atoms with van der Waals surface area (Å²) in [5.41, 5.74) is -1.17. The molecule has 6 nitrogen and oxygen atoms in total. The Kier molecular flexibility index (Phi) is 5.16. The second-order valence-electron chi connectivity index (χ2n) is 3.52. The molecule has 8 heteroatoms. The van der Waals surface area contributed by atoms with E-state index in [4.69, 9.17) is 0 Å². The molecule has 0 radical (unpaired) electrons. The molecule has 1 aromatic rings. The van der Waals surface area contributed by atoms with Crippen LogP contribution in [0, 0.1) is 21.7 Å². The van der Waals surface area contributed by atoms with Crippen molar-refractivity contribution in [3.8, 4) is 0 Å². The van der Waals surface area contributed by atoms with Gasteiger partial charge in [-0.05, 0) is 6.92 Å². The number of rotatable bonds is 6. The van der Waals surface area contributed by atoms with E-state index < -0.39 is 28.2 Å². The Hall–Kier alpha value is -2.25. The van der Waals surface area contributed by atoms with Crippen molar-refractivity contribution in [1.29, 1.82) is 0 Å². The van der Waals surface area contributed by atoms with E-state index in [1.54, 1.807) is 6.92 Å². The molecule has 0 aliphatic rings. The lowest BCUT2D eigenvalue weighted by atomic mass is 10.2. The average molecular weight is 274 g/mol. The van der Waals surface area contributed by atoms with E-state index >= 15 is 0 Å². The van der Waals surface area contributed by atoms with Crippen LogP contribution in [0.5, 0.6) is 0 Å². The standard InChI is InChI=1S/C11H12F2N2O4/c1-2-19-10(16)3-4-14-9-6-7(12)5-8(13)11(9)15(17)18/h5-6,14H,2-4H2,1H3. The number of hydrogen-bond acceptors (Lipinski definition) is 5. The van der Waals surface area contributed by atoms with Gasteiger partial charge in [-0.15, -0.1) is 0 Å². The molecule has 0 saturated heterocycles. The number of nitro groups is 1. The molecule has 0 unspecified atom stereocenters. The molecule has 104 valence electrons. The minimum Gasteiger partial charge on any atom is -0.466 e. The van der Waals surface area contributed by atoms with E-state index in [1.165, 1.54) is 0 Å². The number of halogens is 2. The molecule has 0 spiro atoms. The van der Waals surface area contributed by atoms with Crippen LogP contribution in [0.25, 0.3) is 0 Å². The van der Waals surface area contributed by atoms with Crippen molar-refractivity contribution in [1.82, 2.24) is 0 Å². The molecule has 0 aliphatic heterocycles. The SMILES string of the molecule is CCOC(=O)CCNc1cc(F)cc(F)c1[N+](=O)[O-]. The third-order valence-electron chi connectivity index (χ3n) is 2.16. The van der Waals surface area contributed by atoms with Gasteiger partial charge in [0.1, 0.15) is 11.5 Å². The number of nitrogens with one attached hydrogen (secondary N) is 1. The lowest BCUT2D eigenvalue weighted by Crippen LogP contribution is -2.12. The molecule has 19 heavy (non-hydrogen) atoms. The fourth-order valence-corrected chi connectivity index (χ4v) is 1.42. The second kappa shape index (κ2) is 6.62. The predicted octanol–water partition coefficient (Wildman–Crippen LogP) is 2.24. The summed E-state index contributed by atoms with van der Waals surface area (Å²) in [4.78, 5) is 20.7. The number of benzene rings is 1. The minimum absolute atomic E-state index is 0.0252. The quantitative estimate of drug-likeness (QED) is 0.488. The molecular formula is C11H12F2N2O4. The van der Waals surface area contributed by atoms with Crippen molar-refractivity contribution in [2.45, 2.75) is 13.3 Å². The van der Waals surface area contributed by atoms with Crippen LogP contribution in [0.4, 0.5) is 20.2 Å². The molecule has 0 aromatic heterocycles. The number of esters is 1. The number of nitrogens with zero attached hydrogens (tertiary/aromatic N) is 1. The van der Waals surface area contributed by atoms with Crippen LogP contribution in [-0.4, -0.2) is 24.0 Å². The van der Waals surface area contributed by atoms with Crippen molar-refractivity contribution in [3.63, 3.8) is 0 Å². The summed E-state index contributed by atoms with van der Waals surface area (Å²) in [6, 6.07) is 1.22. The first kappa shape index (κ1) is 14.8. The maximum absolute atomic E-state index is 13.3. The lowest BCUT2D eigenvalue weighted by molar-refractivity contribution is -0.386. The summed E-state index contributed by atoms with van der Waals surface area (Å²) in [5, 5.41) is 13.1. The van der Waals surface area contributed by atoms with Crippen molar-refractivity contribution in [2.24, 2.45) is 0 Å². The fraction of sp³-hybridized carbons (Fsp3) is 0.364. The first-order valence-corrected chi connectivity index (χ1v) is 5.48. The summed E-state index contributed by atoms with van der Waals surface area (Å²) in [7, 11) is 0. The fourth-order valence-electron chi connectivity index (χ4n) is 1.42. The van der Waals surface area contributed by atoms with E-state index in [0.29, 0.717) is 6.07 Å². The smallest absolute Gasteiger partial charge is 0.327 e. The Morgan fingerprint density at radius 3 is 2.74 bits per heavy atom. The lowest BCUT2D eigenvalue weighted by Gasteiger charge is -2.07. The molecular weight excluding hydrogens is 262 g/mol. The van der Waals surface area contributed by atoms with Gasteiger partial charge in [-0.2, -0.15) is 4.39 Å². The van der Waals surface area contributed by atoms with E-state index in [9.17, 15) is 23.7 Å². The van der Waals surface area contributed by atoms with E-state index in [0.717, 1.165) is 6.07 Å². The van der Waals surface area contributed by atoms with Gasteiger partial charge in [-0.25, -0.2) is 4.39 Å². The van der Waals surface area contributed by atoms with Crippen molar-refractivity contribution < 1.29 is 23.2 Å². The molecule has 0 amide bonds. The first-order valence-electron chi connectivity index (χ1n) is 5.48. The van der Waals surface area contributed by atoms with Gasteiger partial charge >= 0.3 is 11.7 Å². The van der Waals surface area contributed by atoms with Crippen LogP contribution < -0.4 is 5.32 Å². The summed E-state index contributed by atoms with van der Waals surface area (Å²) in [5.74, 6) is -2.72. The number of anilines is 1. The van der Waals surface area contributed by atoms with Gasteiger partial charge in [0.05, 0.1) is 18.0 Å². The van der Waals surface area contributed by atoms with E-state index in [1.807, 2.05) is 0 Å². The van der Waals surface area contributed by atoms with E-state index in [-0.39, 0.29) is 25.3 Å². The Labute approximate surface area is 107 Å². The summed E-state index contributed by atoms with van der Waals surface area (Å²) in [6.07, 6.45) is -0.0663. The molecule has 0 bridgehead atoms. The van der Waals surface area contributed by atoms with Crippen LogP contribution in [0.2, 0.25) is 0 Å². The monoisotopic (exact) mass is 274 g/mol. The van der Waals surface area contributed by atoms with Crippen LogP contribution in [0.15, 0.2) is 12.1 Å². The number of nitro benzene ring substituents is 1. The third kappa shape index (κ3) is 4.16. The third-order valence-corrected chi connectivity index (χ3v) is 2.16. The number of carbonyl (C=O) groups excluding carboxylic acids is 1. The largest absolute Gasteiger partial charge is 0.466 e. The summed E-state index contributed by atoms with van der Waals surface area (Å²) in [6.45, 7) is 1.83. The van der Waals surface area contributed by atoms with Crippen LogP contribution in [-0.2, 0) is 9.53 Å². The summed E-state index contributed by atoms with van der Waals surface area (Å²) >= 11 is 0. The van der Waals surface area contributed by atoms with Gasteiger partial charge in [-0.3, -0.25) is 14.9 Å². The van der Waals surface area contributed by atoms with Gasteiger partial charge in [0.15, 0.2) is 0 Å².